The number of carboxylic acid groups (broad SMARTS) is 1. The third kappa shape index (κ3) is 5.17. The summed E-state index contributed by atoms with van der Waals surface area (Å²) in [5, 5.41) is 8.64. The minimum atomic E-state index is -1.01. The predicted octanol–water partition coefficient (Wildman–Crippen LogP) is 2.59. The standard InChI is InChI=1S/C15H16O4/c1-3-4-5-10-19-14-11-13(18-2)8-6-12(14)7-9-15(16)17/h1,6-9,11H,4-5,10H2,2H3,(H,16,17)/b9-7+. The van der Waals surface area contributed by atoms with Crippen molar-refractivity contribution in [2.24, 2.45) is 0 Å². The van der Waals surface area contributed by atoms with Crippen LogP contribution in [-0.2, 0) is 4.79 Å². The molecule has 0 atom stereocenters. The smallest absolute Gasteiger partial charge is 0.328 e. The molecule has 0 unspecified atom stereocenters. The summed E-state index contributed by atoms with van der Waals surface area (Å²) in [6, 6.07) is 5.21. The van der Waals surface area contributed by atoms with Gasteiger partial charge in [0.1, 0.15) is 11.5 Å². The highest BCUT2D eigenvalue weighted by molar-refractivity contribution is 5.86. The Labute approximate surface area is 112 Å². The first-order chi connectivity index (χ1) is 9.17. The van der Waals surface area contributed by atoms with Crippen LogP contribution in [0, 0.1) is 12.3 Å². The van der Waals surface area contributed by atoms with Gasteiger partial charge in [-0.25, -0.2) is 4.79 Å². The number of carboxylic acids is 1. The molecule has 100 valence electrons. The van der Waals surface area contributed by atoms with E-state index in [2.05, 4.69) is 5.92 Å². The number of unbranched alkanes of at least 4 members (excludes halogenated alkanes) is 1. The average molecular weight is 260 g/mol. The van der Waals surface area contributed by atoms with Gasteiger partial charge >= 0.3 is 5.97 Å². The molecule has 4 heteroatoms. The van der Waals surface area contributed by atoms with Crippen LogP contribution >= 0.6 is 0 Å². The number of benzene rings is 1. The molecule has 0 radical (unpaired) electrons. The highest BCUT2D eigenvalue weighted by Crippen LogP contribution is 2.26. The molecule has 0 bridgehead atoms. The number of hydrogen-bond acceptors (Lipinski definition) is 3. The van der Waals surface area contributed by atoms with Gasteiger partial charge in [0.15, 0.2) is 0 Å². The van der Waals surface area contributed by atoms with Crippen LogP contribution in [0.2, 0.25) is 0 Å². The highest BCUT2D eigenvalue weighted by Gasteiger charge is 2.04. The van der Waals surface area contributed by atoms with E-state index < -0.39 is 5.97 Å². The largest absolute Gasteiger partial charge is 0.497 e. The second kappa shape index (κ2) is 7.83. The van der Waals surface area contributed by atoms with Crippen molar-refractivity contribution in [2.75, 3.05) is 13.7 Å². The van der Waals surface area contributed by atoms with Crippen LogP contribution in [0.25, 0.3) is 6.08 Å². The maximum Gasteiger partial charge on any atom is 0.328 e. The lowest BCUT2D eigenvalue weighted by Gasteiger charge is -2.10. The van der Waals surface area contributed by atoms with E-state index in [1.165, 1.54) is 6.08 Å². The van der Waals surface area contributed by atoms with Gasteiger partial charge in [-0.3, -0.25) is 0 Å². The van der Waals surface area contributed by atoms with E-state index in [1.807, 2.05) is 0 Å². The summed E-state index contributed by atoms with van der Waals surface area (Å²) in [7, 11) is 1.56. The SMILES string of the molecule is C#CCCCOc1cc(OC)ccc1/C=C/C(=O)O. The Morgan fingerprint density at radius 3 is 2.95 bits per heavy atom. The fourth-order valence-corrected chi connectivity index (χ4v) is 1.42. The van der Waals surface area contributed by atoms with Crippen LogP contribution in [0.4, 0.5) is 0 Å². The van der Waals surface area contributed by atoms with Crippen molar-refractivity contribution in [2.45, 2.75) is 12.8 Å². The predicted molar refractivity (Wildman–Crippen MR) is 73.2 cm³/mol. The maximum absolute atomic E-state index is 10.5. The fraction of sp³-hybridized carbons (Fsp3) is 0.267. The van der Waals surface area contributed by atoms with E-state index in [0.717, 1.165) is 12.5 Å². The lowest BCUT2D eigenvalue weighted by atomic mass is 10.1. The molecular weight excluding hydrogens is 244 g/mol. The summed E-state index contributed by atoms with van der Waals surface area (Å²) < 4.78 is 10.7. The van der Waals surface area contributed by atoms with Crippen LogP contribution in [-0.4, -0.2) is 24.8 Å². The molecule has 0 fully saturated rings. The minimum absolute atomic E-state index is 0.477. The average Bonchev–Trinajstić information content (AvgIpc) is 2.41. The lowest BCUT2D eigenvalue weighted by Crippen LogP contribution is -1.99. The summed E-state index contributed by atoms with van der Waals surface area (Å²) in [6.45, 7) is 0.477. The molecule has 0 spiro atoms. The molecule has 0 aliphatic heterocycles. The van der Waals surface area contributed by atoms with Crippen molar-refractivity contribution < 1.29 is 19.4 Å². The zero-order chi connectivity index (χ0) is 14.1. The Morgan fingerprint density at radius 2 is 2.32 bits per heavy atom. The van der Waals surface area contributed by atoms with Crippen molar-refractivity contribution >= 4 is 12.0 Å². The zero-order valence-corrected chi connectivity index (χ0v) is 10.8. The second-order valence-corrected chi connectivity index (χ2v) is 3.73. The molecule has 1 aromatic carbocycles. The molecule has 0 aliphatic rings. The first kappa shape index (κ1) is 14.7. The molecule has 4 nitrogen and oxygen atoms in total. The molecule has 0 saturated heterocycles. The van der Waals surface area contributed by atoms with Gasteiger partial charge in [0, 0.05) is 24.1 Å². The number of methoxy groups -OCH3 is 1. The molecular formula is C15H16O4. The number of ether oxygens (including phenoxy) is 2. The van der Waals surface area contributed by atoms with Gasteiger partial charge in [-0.05, 0) is 24.6 Å². The molecule has 1 rings (SSSR count). The van der Waals surface area contributed by atoms with Crippen molar-refractivity contribution in [3.05, 3.63) is 29.8 Å². The van der Waals surface area contributed by atoms with Crippen molar-refractivity contribution in [1.82, 2.24) is 0 Å². The Kier molecular flexibility index (Phi) is 6.04. The van der Waals surface area contributed by atoms with Crippen molar-refractivity contribution in [1.29, 1.82) is 0 Å². The Bertz CT molecular complexity index is 497. The molecule has 0 heterocycles. The minimum Gasteiger partial charge on any atom is -0.497 e. The summed E-state index contributed by atoms with van der Waals surface area (Å²) in [5.41, 5.74) is 0.684. The molecule has 0 amide bonds. The number of terminal acetylenes is 1. The van der Waals surface area contributed by atoms with Crippen LogP contribution < -0.4 is 9.47 Å². The van der Waals surface area contributed by atoms with E-state index in [-0.39, 0.29) is 0 Å². The zero-order valence-electron chi connectivity index (χ0n) is 10.8. The van der Waals surface area contributed by atoms with Gasteiger partial charge in [0.2, 0.25) is 0 Å². The summed E-state index contributed by atoms with van der Waals surface area (Å²) in [6.07, 6.45) is 9.10. The van der Waals surface area contributed by atoms with E-state index in [1.54, 1.807) is 25.3 Å². The first-order valence-electron chi connectivity index (χ1n) is 5.82. The molecule has 1 aromatic rings. The summed E-state index contributed by atoms with van der Waals surface area (Å²) in [5.74, 6) is 2.76. The van der Waals surface area contributed by atoms with Crippen molar-refractivity contribution in [3.63, 3.8) is 0 Å². The van der Waals surface area contributed by atoms with Crippen LogP contribution in [0.1, 0.15) is 18.4 Å². The number of rotatable bonds is 7. The van der Waals surface area contributed by atoms with Gasteiger partial charge in [-0.2, -0.15) is 0 Å². The molecule has 0 aromatic heterocycles. The number of aliphatic carboxylic acids is 1. The number of hydrogen-bond donors (Lipinski definition) is 1. The van der Waals surface area contributed by atoms with Crippen molar-refractivity contribution in [3.8, 4) is 23.8 Å². The van der Waals surface area contributed by atoms with E-state index in [9.17, 15) is 4.79 Å². The molecule has 0 saturated carbocycles. The van der Waals surface area contributed by atoms with E-state index in [0.29, 0.717) is 30.1 Å². The molecule has 19 heavy (non-hydrogen) atoms. The van der Waals surface area contributed by atoms with Gasteiger partial charge < -0.3 is 14.6 Å². The third-order valence-corrected chi connectivity index (χ3v) is 2.35. The van der Waals surface area contributed by atoms with Gasteiger partial charge in [-0.1, -0.05) is 0 Å². The quantitative estimate of drug-likeness (QED) is 0.465. The summed E-state index contributed by atoms with van der Waals surface area (Å²) in [4.78, 5) is 10.5. The normalized spacial score (nSPS) is 10.1. The van der Waals surface area contributed by atoms with E-state index in [4.69, 9.17) is 21.0 Å². The molecule has 1 N–H and O–H groups in total. The van der Waals surface area contributed by atoms with Crippen LogP contribution in [0.15, 0.2) is 24.3 Å². The number of carbonyl (C=O) groups is 1. The Morgan fingerprint density at radius 1 is 1.53 bits per heavy atom. The third-order valence-electron chi connectivity index (χ3n) is 2.35. The maximum atomic E-state index is 10.5. The first-order valence-corrected chi connectivity index (χ1v) is 5.82. The fourth-order valence-electron chi connectivity index (χ4n) is 1.42. The van der Waals surface area contributed by atoms with E-state index >= 15 is 0 Å². The lowest BCUT2D eigenvalue weighted by molar-refractivity contribution is -0.131. The highest BCUT2D eigenvalue weighted by atomic mass is 16.5. The molecule has 0 aliphatic carbocycles. The van der Waals surface area contributed by atoms with Crippen LogP contribution in [0.5, 0.6) is 11.5 Å². The topological polar surface area (TPSA) is 55.8 Å². The second-order valence-electron chi connectivity index (χ2n) is 3.73. The summed E-state index contributed by atoms with van der Waals surface area (Å²) >= 11 is 0. The van der Waals surface area contributed by atoms with Crippen LogP contribution in [0.3, 0.4) is 0 Å². The van der Waals surface area contributed by atoms with Gasteiger partial charge in [-0.15, -0.1) is 12.3 Å². The van der Waals surface area contributed by atoms with Gasteiger partial charge in [0.25, 0.3) is 0 Å². The Hall–Kier alpha value is -2.41. The van der Waals surface area contributed by atoms with Gasteiger partial charge in [0.05, 0.1) is 13.7 Å². The Balaban J connectivity index is 2.83. The monoisotopic (exact) mass is 260 g/mol.